The number of piperidine rings is 1. The standard InChI is InChI=1S/C18H25FN2O3/c19-14-3-5-21(6-4-14)18(22)17-12-23-11-13-8-20(10-16(13)17)9-15-2-1-7-24-15/h1-2,7,13-14,16-17H,3-6,8-12H2/t13-,16-,17-/m1/s1. The van der Waals surface area contributed by atoms with Gasteiger partial charge in [0.2, 0.25) is 5.91 Å². The number of furan rings is 1. The quantitative estimate of drug-likeness (QED) is 0.846. The lowest BCUT2D eigenvalue weighted by molar-refractivity contribution is -0.145. The Hall–Kier alpha value is -1.40. The SMILES string of the molecule is O=C([C@@H]1COC[C@H]2CN(Cc3ccco3)C[C@H]21)N1CCC(F)CC1. The lowest BCUT2D eigenvalue weighted by Gasteiger charge is -2.37. The summed E-state index contributed by atoms with van der Waals surface area (Å²) in [4.78, 5) is 17.1. The summed E-state index contributed by atoms with van der Waals surface area (Å²) in [6, 6.07) is 3.89. The Kier molecular flexibility index (Phi) is 4.59. The second kappa shape index (κ2) is 6.84. The molecule has 1 amide bonds. The number of hydrogen-bond acceptors (Lipinski definition) is 4. The average Bonchev–Trinajstić information content (AvgIpc) is 3.24. The summed E-state index contributed by atoms with van der Waals surface area (Å²) < 4.78 is 24.5. The van der Waals surface area contributed by atoms with Crippen LogP contribution in [-0.2, 0) is 16.1 Å². The molecule has 0 saturated carbocycles. The van der Waals surface area contributed by atoms with Crippen LogP contribution in [0.4, 0.5) is 4.39 Å². The van der Waals surface area contributed by atoms with Gasteiger partial charge in [0.05, 0.1) is 31.9 Å². The first kappa shape index (κ1) is 16.1. The minimum atomic E-state index is -0.750. The Bertz CT molecular complexity index is 557. The van der Waals surface area contributed by atoms with Gasteiger partial charge in [-0.1, -0.05) is 0 Å². The maximum atomic E-state index is 13.3. The molecule has 0 spiro atoms. The highest BCUT2D eigenvalue weighted by molar-refractivity contribution is 5.79. The third kappa shape index (κ3) is 3.22. The van der Waals surface area contributed by atoms with E-state index in [9.17, 15) is 9.18 Å². The van der Waals surface area contributed by atoms with Crippen molar-refractivity contribution < 1.29 is 18.3 Å². The predicted octanol–water partition coefficient (Wildman–Crippen LogP) is 1.93. The molecule has 132 valence electrons. The zero-order valence-electron chi connectivity index (χ0n) is 13.9. The van der Waals surface area contributed by atoms with Gasteiger partial charge in [0.15, 0.2) is 0 Å². The van der Waals surface area contributed by atoms with Gasteiger partial charge < -0.3 is 14.1 Å². The van der Waals surface area contributed by atoms with Gasteiger partial charge in [-0.05, 0) is 36.8 Å². The lowest BCUT2D eigenvalue weighted by atomic mass is 9.81. The molecule has 0 unspecified atom stereocenters. The van der Waals surface area contributed by atoms with E-state index < -0.39 is 6.17 Å². The smallest absolute Gasteiger partial charge is 0.228 e. The van der Waals surface area contributed by atoms with Crippen LogP contribution in [-0.4, -0.2) is 61.3 Å². The summed E-state index contributed by atoms with van der Waals surface area (Å²) in [7, 11) is 0. The van der Waals surface area contributed by atoms with E-state index in [1.165, 1.54) is 0 Å². The number of amides is 1. The van der Waals surface area contributed by atoms with Crippen LogP contribution in [0.1, 0.15) is 18.6 Å². The van der Waals surface area contributed by atoms with Crippen LogP contribution in [0, 0.1) is 17.8 Å². The molecule has 3 aliphatic rings. The fraction of sp³-hybridized carbons (Fsp3) is 0.722. The van der Waals surface area contributed by atoms with Crippen LogP contribution in [0.15, 0.2) is 22.8 Å². The van der Waals surface area contributed by atoms with E-state index in [0.29, 0.717) is 44.4 Å². The average molecular weight is 336 g/mol. The van der Waals surface area contributed by atoms with Gasteiger partial charge in [-0.3, -0.25) is 9.69 Å². The molecule has 3 aliphatic heterocycles. The molecule has 3 atom stereocenters. The van der Waals surface area contributed by atoms with E-state index in [0.717, 1.165) is 32.0 Å². The number of halogens is 1. The zero-order chi connectivity index (χ0) is 16.5. The largest absolute Gasteiger partial charge is 0.468 e. The number of nitrogens with zero attached hydrogens (tertiary/aromatic N) is 2. The number of fused-ring (bicyclic) bond motifs is 1. The van der Waals surface area contributed by atoms with Crippen molar-refractivity contribution in [2.24, 2.45) is 17.8 Å². The monoisotopic (exact) mass is 336 g/mol. The van der Waals surface area contributed by atoms with Gasteiger partial charge in [-0.15, -0.1) is 0 Å². The van der Waals surface area contributed by atoms with Gasteiger partial charge in [0.1, 0.15) is 11.9 Å². The molecule has 5 nitrogen and oxygen atoms in total. The third-order valence-corrected chi connectivity index (χ3v) is 5.73. The Morgan fingerprint density at radius 3 is 2.83 bits per heavy atom. The van der Waals surface area contributed by atoms with E-state index >= 15 is 0 Å². The number of hydrogen-bond donors (Lipinski definition) is 0. The van der Waals surface area contributed by atoms with Crippen LogP contribution in [0.2, 0.25) is 0 Å². The van der Waals surface area contributed by atoms with Crippen molar-refractivity contribution in [3.63, 3.8) is 0 Å². The predicted molar refractivity (Wildman–Crippen MR) is 86.0 cm³/mol. The second-order valence-corrected chi connectivity index (χ2v) is 7.34. The highest BCUT2D eigenvalue weighted by Gasteiger charge is 2.45. The fourth-order valence-corrected chi connectivity index (χ4v) is 4.40. The topological polar surface area (TPSA) is 45.9 Å². The molecule has 24 heavy (non-hydrogen) atoms. The highest BCUT2D eigenvalue weighted by Crippen LogP contribution is 2.36. The first-order valence-corrected chi connectivity index (χ1v) is 8.96. The summed E-state index contributed by atoms with van der Waals surface area (Å²) in [6.45, 7) is 4.97. The van der Waals surface area contributed by atoms with Crippen LogP contribution in [0.5, 0.6) is 0 Å². The molecular formula is C18H25FN2O3. The summed E-state index contributed by atoms with van der Waals surface area (Å²) in [5.74, 6) is 1.78. The van der Waals surface area contributed by atoms with Gasteiger partial charge in [-0.25, -0.2) is 4.39 Å². The number of carbonyl (C=O) groups is 1. The molecule has 0 N–H and O–H groups in total. The zero-order valence-corrected chi connectivity index (χ0v) is 13.9. The number of carbonyl (C=O) groups excluding carboxylic acids is 1. The Labute approximate surface area is 141 Å². The van der Waals surface area contributed by atoms with Crippen LogP contribution in [0.3, 0.4) is 0 Å². The maximum Gasteiger partial charge on any atom is 0.228 e. The molecule has 0 aliphatic carbocycles. The molecule has 0 bridgehead atoms. The van der Waals surface area contributed by atoms with Gasteiger partial charge in [-0.2, -0.15) is 0 Å². The number of ether oxygens (including phenoxy) is 1. The van der Waals surface area contributed by atoms with Crippen molar-refractivity contribution in [1.82, 2.24) is 9.80 Å². The van der Waals surface area contributed by atoms with Gasteiger partial charge in [0.25, 0.3) is 0 Å². The lowest BCUT2D eigenvalue weighted by Crippen LogP contribution is -2.48. The molecule has 1 aromatic heterocycles. The van der Waals surface area contributed by atoms with Crippen molar-refractivity contribution in [2.45, 2.75) is 25.6 Å². The van der Waals surface area contributed by atoms with Crippen molar-refractivity contribution in [2.75, 3.05) is 39.4 Å². The maximum absolute atomic E-state index is 13.3. The normalized spacial score (nSPS) is 32.0. The molecule has 6 heteroatoms. The summed E-state index contributed by atoms with van der Waals surface area (Å²) in [6.07, 6.45) is 1.89. The molecule has 1 aromatic rings. The van der Waals surface area contributed by atoms with Crippen molar-refractivity contribution in [3.05, 3.63) is 24.2 Å². The molecule has 4 rings (SSSR count). The highest BCUT2D eigenvalue weighted by atomic mass is 19.1. The Morgan fingerprint density at radius 1 is 1.25 bits per heavy atom. The third-order valence-electron chi connectivity index (χ3n) is 5.73. The molecule has 0 radical (unpaired) electrons. The van der Waals surface area contributed by atoms with E-state index in [2.05, 4.69) is 4.90 Å². The summed E-state index contributed by atoms with van der Waals surface area (Å²) in [5.41, 5.74) is 0. The van der Waals surface area contributed by atoms with E-state index in [1.54, 1.807) is 6.26 Å². The minimum absolute atomic E-state index is 0.0819. The van der Waals surface area contributed by atoms with Crippen molar-refractivity contribution in [1.29, 1.82) is 0 Å². The molecule has 3 saturated heterocycles. The second-order valence-electron chi connectivity index (χ2n) is 7.34. The van der Waals surface area contributed by atoms with Crippen molar-refractivity contribution in [3.8, 4) is 0 Å². The van der Waals surface area contributed by atoms with Crippen LogP contribution in [0.25, 0.3) is 0 Å². The number of rotatable bonds is 3. The van der Waals surface area contributed by atoms with Crippen molar-refractivity contribution >= 4 is 5.91 Å². The van der Waals surface area contributed by atoms with Crippen LogP contribution < -0.4 is 0 Å². The fourth-order valence-electron chi connectivity index (χ4n) is 4.40. The van der Waals surface area contributed by atoms with Gasteiger partial charge in [0, 0.05) is 26.2 Å². The first-order chi connectivity index (χ1) is 11.7. The Morgan fingerprint density at radius 2 is 2.08 bits per heavy atom. The number of likely N-dealkylation sites (tertiary alicyclic amines) is 2. The summed E-state index contributed by atoms with van der Waals surface area (Å²) >= 11 is 0. The van der Waals surface area contributed by atoms with E-state index in [1.807, 2.05) is 17.0 Å². The molecule has 4 heterocycles. The van der Waals surface area contributed by atoms with E-state index in [-0.39, 0.29) is 11.8 Å². The minimum Gasteiger partial charge on any atom is -0.468 e. The number of alkyl halides is 1. The van der Waals surface area contributed by atoms with Gasteiger partial charge >= 0.3 is 0 Å². The van der Waals surface area contributed by atoms with Crippen LogP contribution >= 0.6 is 0 Å². The first-order valence-electron chi connectivity index (χ1n) is 8.96. The summed E-state index contributed by atoms with van der Waals surface area (Å²) in [5, 5.41) is 0. The molecule has 0 aromatic carbocycles. The molecular weight excluding hydrogens is 311 g/mol. The van der Waals surface area contributed by atoms with E-state index in [4.69, 9.17) is 9.15 Å². The molecule has 3 fully saturated rings. The Balaban J connectivity index is 1.40.